The molecule has 0 unspecified atom stereocenters. The number of sulfone groups is 1. The largest absolute Gasteiger partial charge is 0.416 e. The number of sulfonamides is 1. The van der Waals surface area contributed by atoms with Crippen LogP contribution in [-0.4, -0.2) is 34.4 Å². The van der Waals surface area contributed by atoms with Crippen molar-refractivity contribution in [3.63, 3.8) is 0 Å². The first kappa shape index (κ1) is 21.9. The predicted molar refractivity (Wildman–Crippen MR) is 97.3 cm³/mol. The Balaban J connectivity index is 2.48. The summed E-state index contributed by atoms with van der Waals surface area (Å²) < 4.78 is 89.2. The Hall–Kier alpha value is -1.43. The second-order valence-corrected chi connectivity index (χ2v) is 10.7. The van der Waals surface area contributed by atoms with E-state index in [4.69, 9.17) is 0 Å². The molecule has 0 spiro atoms. The van der Waals surface area contributed by atoms with Crippen LogP contribution in [-0.2, 0) is 32.6 Å². The van der Waals surface area contributed by atoms with E-state index < -0.39 is 38.1 Å². The second kappa shape index (κ2) is 7.53. The van der Waals surface area contributed by atoms with Gasteiger partial charge >= 0.3 is 6.18 Å². The highest BCUT2D eigenvalue weighted by molar-refractivity contribution is 9.10. The molecule has 0 N–H and O–H groups in total. The minimum Gasteiger partial charge on any atom is -0.224 e. The number of nitrogens with zero attached hydrogens (tertiary/aromatic N) is 1. The van der Waals surface area contributed by atoms with Crippen molar-refractivity contribution in [1.29, 1.82) is 0 Å². The lowest BCUT2D eigenvalue weighted by atomic mass is 10.1. The fourth-order valence-corrected chi connectivity index (χ4v) is 5.16. The fraction of sp³-hybridized carbons (Fsp3) is 0.250. The highest BCUT2D eigenvalue weighted by atomic mass is 79.9. The van der Waals surface area contributed by atoms with E-state index in [1.165, 1.54) is 30.3 Å². The lowest BCUT2D eigenvalue weighted by Crippen LogP contribution is -2.28. The summed E-state index contributed by atoms with van der Waals surface area (Å²) in [6.07, 6.45) is -3.70. The van der Waals surface area contributed by atoms with Gasteiger partial charge in [-0.1, -0.05) is 18.2 Å². The van der Waals surface area contributed by atoms with Crippen molar-refractivity contribution in [3.05, 3.63) is 58.1 Å². The maximum Gasteiger partial charge on any atom is 0.416 e. The van der Waals surface area contributed by atoms with Crippen molar-refractivity contribution in [1.82, 2.24) is 4.31 Å². The Morgan fingerprint density at radius 1 is 1.04 bits per heavy atom. The van der Waals surface area contributed by atoms with E-state index in [1.54, 1.807) is 0 Å². The van der Waals surface area contributed by atoms with E-state index in [-0.39, 0.29) is 19.8 Å². The SMILES string of the molecule is CN(Cc1ccccc1C(F)(F)F)S(=O)(=O)c1cc(S(C)(=O)=O)ccc1Br. The van der Waals surface area contributed by atoms with Crippen molar-refractivity contribution in [2.75, 3.05) is 13.3 Å². The summed E-state index contributed by atoms with van der Waals surface area (Å²) >= 11 is 3.05. The number of halogens is 4. The molecule has 11 heteroatoms. The molecule has 148 valence electrons. The number of alkyl halides is 3. The van der Waals surface area contributed by atoms with E-state index in [1.807, 2.05) is 0 Å². The van der Waals surface area contributed by atoms with Crippen LogP contribution in [0.25, 0.3) is 0 Å². The summed E-state index contributed by atoms with van der Waals surface area (Å²) in [6.45, 7) is -0.534. The van der Waals surface area contributed by atoms with Crippen LogP contribution in [0.4, 0.5) is 13.2 Å². The zero-order valence-electron chi connectivity index (χ0n) is 14.2. The van der Waals surface area contributed by atoms with Gasteiger partial charge in [-0.15, -0.1) is 0 Å². The Morgan fingerprint density at radius 3 is 2.19 bits per heavy atom. The average Bonchev–Trinajstić information content (AvgIpc) is 2.53. The van der Waals surface area contributed by atoms with E-state index in [9.17, 15) is 30.0 Å². The van der Waals surface area contributed by atoms with Crippen LogP contribution in [0.15, 0.2) is 56.7 Å². The van der Waals surface area contributed by atoms with E-state index >= 15 is 0 Å². The molecule has 27 heavy (non-hydrogen) atoms. The van der Waals surface area contributed by atoms with Gasteiger partial charge in [0.05, 0.1) is 15.4 Å². The second-order valence-electron chi connectivity index (χ2n) is 5.78. The molecule has 0 radical (unpaired) electrons. The molecule has 0 fully saturated rings. The molecule has 2 rings (SSSR count). The van der Waals surface area contributed by atoms with Gasteiger partial charge in [-0.25, -0.2) is 16.8 Å². The standard InChI is InChI=1S/C16H15BrF3NO4S2/c1-21(10-11-5-3-4-6-13(11)16(18,19)20)27(24,25)15-9-12(26(2,22)23)7-8-14(15)17/h3-9H,10H2,1-2H3. The van der Waals surface area contributed by atoms with Crippen molar-refractivity contribution in [2.24, 2.45) is 0 Å². The molecule has 0 aliphatic carbocycles. The van der Waals surface area contributed by atoms with E-state index in [2.05, 4.69) is 15.9 Å². The highest BCUT2D eigenvalue weighted by Gasteiger charge is 2.34. The average molecular weight is 486 g/mol. The van der Waals surface area contributed by atoms with Gasteiger partial charge in [0.25, 0.3) is 0 Å². The zero-order chi connectivity index (χ0) is 20.6. The Bertz CT molecular complexity index is 1070. The molecule has 0 aliphatic rings. The summed E-state index contributed by atoms with van der Waals surface area (Å²) in [4.78, 5) is -0.564. The third-order valence-corrected chi connectivity index (χ3v) is 7.64. The molecule has 0 saturated carbocycles. The molecular weight excluding hydrogens is 471 g/mol. The molecule has 0 atom stereocenters. The maximum absolute atomic E-state index is 13.1. The van der Waals surface area contributed by atoms with Gasteiger partial charge in [0.2, 0.25) is 10.0 Å². The Kier molecular flexibility index (Phi) is 6.10. The molecule has 0 bridgehead atoms. The first-order chi connectivity index (χ1) is 12.2. The van der Waals surface area contributed by atoms with Gasteiger partial charge < -0.3 is 0 Å². The quantitative estimate of drug-likeness (QED) is 0.647. The van der Waals surface area contributed by atoms with Gasteiger partial charge in [0.1, 0.15) is 0 Å². The van der Waals surface area contributed by atoms with Crippen molar-refractivity contribution in [3.8, 4) is 0 Å². The van der Waals surface area contributed by atoms with Gasteiger partial charge in [0, 0.05) is 24.3 Å². The van der Waals surface area contributed by atoms with Crippen LogP contribution in [0.1, 0.15) is 11.1 Å². The molecule has 2 aromatic carbocycles. The topological polar surface area (TPSA) is 71.5 Å². The third-order valence-electron chi connectivity index (χ3n) is 3.73. The van der Waals surface area contributed by atoms with E-state index in [0.717, 1.165) is 29.7 Å². The monoisotopic (exact) mass is 485 g/mol. The smallest absolute Gasteiger partial charge is 0.224 e. The highest BCUT2D eigenvalue weighted by Crippen LogP contribution is 2.33. The summed E-state index contributed by atoms with van der Waals surface area (Å²) in [5, 5.41) is 0. The number of benzene rings is 2. The summed E-state index contributed by atoms with van der Waals surface area (Å²) in [5.41, 5.74) is -1.15. The number of hydrogen-bond donors (Lipinski definition) is 0. The lowest BCUT2D eigenvalue weighted by molar-refractivity contribution is -0.138. The predicted octanol–water partition coefficient (Wildman–Crippen LogP) is 3.69. The maximum atomic E-state index is 13.1. The van der Waals surface area contributed by atoms with Crippen LogP contribution in [0.2, 0.25) is 0 Å². The Labute approximate surface area is 163 Å². The number of hydrogen-bond acceptors (Lipinski definition) is 4. The normalized spacial score (nSPS) is 13.1. The first-order valence-electron chi connectivity index (χ1n) is 7.35. The molecule has 0 aromatic heterocycles. The van der Waals surface area contributed by atoms with Crippen LogP contribution < -0.4 is 0 Å². The minimum atomic E-state index is -4.63. The van der Waals surface area contributed by atoms with Crippen LogP contribution >= 0.6 is 15.9 Å². The van der Waals surface area contributed by atoms with Gasteiger partial charge in [-0.3, -0.25) is 0 Å². The van der Waals surface area contributed by atoms with Crippen LogP contribution in [0.3, 0.4) is 0 Å². The molecule has 0 heterocycles. The van der Waals surface area contributed by atoms with Crippen molar-refractivity contribution < 1.29 is 30.0 Å². The molecule has 0 saturated heterocycles. The third kappa shape index (κ3) is 4.89. The summed E-state index contributed by atoms with van der Waals surface area (Å²) in [7, 11) is -6.80. The lowest BCUT2D eigenvalue weighted by Gasteiger charge is -2.21. The summed E-state index contributed by atoms with van der Waals surface area (Å²) in [6, 6.07) is 8.13. The van der Waals surface area contributed by atoms with Crippen LogP contribution in [0, 0.1) is 0 Å². The van der Waals surface area contributed by atoms with E-state index in [0.29, 0.717) is 0 Å². The first-order valence-corrected chi connectivity index (χ1v) is 11.5. The van der Waals surface area contributed by atoms with Gasteiger partial charge in [-0.05, 0) is 45.8 Å². The molecule has 0 aliphatic heterocycles. The van der Waals surface area contributed by atoms with Crippen LogP contribution in [0.5, 0.6) is 0 Å². The molecule has 0 amide bonds. The number of rotatable bonds is 5. The van der Waals surface area contributed by atoms with Crippen molar-refractivity contribution in [2.45, 2.75) is 22.5 Å². The minimum absolute atomic E-state index is 0.103. The van der Waals surface area contributed by atoms with Gasteiger partial charge in [0.15, 0.2) is 9.84 Å². The summed E-state index contributed by atoms with van der Waals surface area (Å²) in [5.74, 6) is 0. The molecular formula is C16H15BrF3NO4S2. The van der Waals surface area contributed by atoms with Gasteiger partial charge in [-0.2, -0.15) is 17.5 Å². The van der Waals surface area contributed by atoms with Crippen molar-refractivity contribution >= 4 is 35.8 Å². The Morgan fingerprint density at radius 2 is 1.63 bits per heavy atom. The molecule has 5 nitrogen and oxygen atoms in total. The fourth-order valence-electron chi connectivity index (χ4n) is 2.34. The molecule has 2 aromatic rings. The zero-order valence-corrected chi connectivity index (χ0v) is 17.4.